The number of sulfonamides is 1. The third kappa shape index (κ3) is 3.02. The van der Waals surface area contributed by atoms with E-state index in [4.69, 9.17) is 0 Å². The van der Waals surface area contributed by atoms with E-state index in [2.05, 4.69) is 20.0 Å². The fourth-order valence-corrected chi connectivity index (χ4v) is 2.55. The predicted molar refractivity (Wildman–Crippen MR) is 73.5 cm³/mol. The monoisotopic (exact) mass is 296 g/mol. The number of rotatable bonds is 4. The van der Waals surface area contributed by atoms with Gasteiger partial charge >= 0.3 is 0 Å². The highest BCUT2D eigenvalue weighted by Gasteiger charge is 2.16. The van der Waals surface area contributed by atoms with Crippen LogP contribution in [0.5, 0.6) is 0 Å². The Morgan fingerprint density at radius 3 is 2.40 bits per heavy atom. The van der Waals surface area contributed by atoms with Crippen molar-refractivity contribution in [2.24, 2.45) is 0 Å². The quantitative estimate of drug-likeness (QED) is 0.898. The Bertz CT molecular complexity index is 717. The van der Waals surface area contributed by atoms with Crippen molar-refractivity contribution in [1.29, 1.82) is 0 Å². The largest absolute Gasteiger partial charge is 0.357 e. The van der Waals surface area contributed by atoms with Crippen molar-refractivity contribution >= 4 is 21.7 Å². The van der Waals surface area contributed by atoms with Crippen molar-refractivity contribution in [3.8, 4) is 0 Å². The predicted octanol–water partition coefficient (Wildman–Crippen LogP) is 1.77. The molecule has 6 nitrogen and oxygen atoms in total. The summed E-state index contributed by atoms with van der Waals surface area (Å²) >= 11 is 0. The van der Waals surface area contributed by atoms with Crippen LogP contribution in [0.15, 0.2) is 35.5 Å². The Morgan fingerprint density at radius 2 is 1.85 bits per heavy atom. The third-order valence-corrected chi connectivity index (χ3v) is 3.91. The molecule has 0 fully saturated rings. The summed E-state index contributed by atoms with van der Waals surface area (Å²) < 4.78 is 39.6. The van der Waals surface area contributed by atoms with Gasteiger partial charge in [0.1, 0.15) is 10.7 Å². The molecule has 2 N–H and O–H groups in total. The summed E-state index contributed by atoms with van der Waals surface area (Å²) in [5.41, 5.74) is 0.797. The summed E-state index contributed by atoms with van der Waals surface area (Å²) in [7, 11) is -2.17. The van der Waals surface area contributed by atoms with E-state index in [9.17, 15) is 12.8 Å². The van der Waals surface area contributed by atoms with Gasteiger partial charge in [-0.05, 0) is 30.7 Å². The molecule has 0 saturated heterocycles. The molecule has 0 saturated carbocycles. The number of nitrogens with one attached hydrogen (secondary N) is 2. The maximum Gasteiger partial charge on any atom is 0.264 e. The zero-order valence-corrected chi connectivity index (χ0v) is 11.7. The summed E-state index contributed by atoms with van der Waals surface area (Å²) in [6.45, 7) is 1.61. The second-order valence-corrected chi connectivity index (χ2v) is 5.74. The summed E-state index contributed by atoms with van der Waals surface area (Å²) in [5, 5.41) is 2.69. The van der Waals surface area contributed by atoms with E-state index in [1.54, 1.807) is 14.0 Å². The fraction of sp³-hybridized carbons (Fsp3) is 0.167. The minimum absolute atomic E-state index is 0.0692. The average Bonchev–Trinajstić information content (AvgIpc) is 2.42. The van der Waals surface area contributed by atoms with Gasteiger partial charge in [0.25, 0.3) is 10.0 Å². The zero-order chi connectivity index (χ0) is 14.8. The molecule has 0 unspecified atom stereocenters. The molecular formula is C12H13FN4O2S. The summed E-state index contributed by atoms with van der Waals surface area (Å²) in [4.78, 5) is 7.61. The van der Waals surface area contributed by atoms with Gasteiger partial charge in [-0.2, -0.15) is 0 Å². The zero-order valence-electron chi connectivity index (χ0n) is 10.9. The van der Waals surface area contributed by atoms with Gasteiger partial charge in [-0.25, -0.2) is 22.8 Å². The molecule has 2 aromatic rings. The lowest BCUT2D eigenvalue weighted by atomic mass is 10.2. The molecule has 0 bridgehead atoms. The van der Waals surface area contributed by atoms with Crippen LogP contribution < -0.4 is 10.0 Å². The molecule has 1 heterocycles. The number of halogens is 1. The topological polar surface area (TPSA) is 84.0 Å². The number of nitrogens with zero attached hydrogens (tertiary/aromatic N) is 2. The lowest BCUT2D eigenvalue weighted by molar-refractivity contribution is 0.600. The van der Waals surface area contributed by atoms with Crippen molar-refractivity contribution in [2.75, 3.05) is 17.1 Å². The Labute approximate surface area is 116 Å². The Kier molecular flexibility index (Phi) is 3.84. The minimum Gasteiger partial charge on any atom is -0.357 e. The molecule has 0 aliphatic carbocycles. The SMILES string of the molecule is CNc1ncc(S(=O)(=O)Nc2ccc(F)cc2C)cn1. The van der Waals surface area contributed by atoms with Crippen LogP contribution in [0.25, 0.3) is 0 Å². The standard InChI is InChI=1S/C12H13FN4O2S/c1-8-5-9(13)3-4-11(8)17-20(18,19)10-6-15-12(14-2)16-7-10/h3-7,17H,1-2H3,(H,14,15,16). The molecule has 106 valence electrons. The summed E-state index contributed by atoms with van der Waals surface area (Å²) in [6.07, 6.45) is 2.39. The normalized spacial score (nSPS) is 11.2. The van der Waals surface area contributed by atoms with Crippen LogP contribution in [0.4, 0.5) is 16.0 Å². The van der Waals surface area contributed by atoms with Crippen molar-refractivity contribution in [2.45, 2.75) is 11.8 Å². The first-order chi connectivity index (χ1) is 9.42. The molecule has 0 spiro atoms. The highest BCUT2D eigenvalue weighted by atomic mass is 32.2. The summed E-state index contributed by atoms with van der Waals surface area (Å²) in [6, 6.07) is 3.80. The van der Waals surface area contributed by atoms with E-state index in [1.165, 1.54) is 30.6 Å². The molecule has 8 heteroatoms. The van der Waals surface area contributed by atoms with Gasteiger partial charge in [0.2, 0.25) is 5.95 Å². The van der Waals surface area contributed by atoms with E-state index in [1.807, 2.05) is 0 Å². The highest BCUT2D eigenvalue weighted by Crippen LogP contribution is 2.20. The molecule has 1 aromatic heterocycles. The van der Waals surface area contributed by atoms with Crippen LogP contribution in [0, 0.1) is 12.7 Å². The van der Waals surface area contributed by atoms with Crippen molar-refractivity contribution in [1.82, 2.24) is 9.97 Å². The fourth-order valence-electron chi connectivity index (χ4n) is 1.53. The maximum atomic E-state index is 13.0. The second-order valence-electron chi connectivity index (χ2n) is 4.06. The van der Waals surface area contributed by atoms with Crippen LogP contribution in [-0.2, 0) is 10.0 Å². The number of hydrogen-bond acceptors (Lipinski definition) is 5. The molecule has 2 rings (SSSR count). The molecule has 0 radical (unpaired) electrons. The number of aryl methyl sites for hydroxylation is 1. The van der Waals surface area contributed by atoms with Crippen molar-refractivity contribution in [3.63, 3.8) is 0 Å². The number of anilines is 2. The van der Waals surface area contributed by atoms with E-state index in [-0.39, 0.29) is 4.90 Å². The molecule has 0 amide bonds. The van der Waals surface area contributed by atoms with Gasteiger partial charge in [0.05, 0.1) is 18.1 Å². The average molecular weight is 296 g/mol. The molecule has 0 atom stereocenters. The molecule has 0 aliphatic heterocycles. The van der Waals surface area contributed by atoms with Crippen LogP contribution >= 0.6 is 0 Å². The van der Waals surface area contributed by atoms with Crippen LogP contribution in [0.1, 0.15) is 5.56 Å². The minimum atomic E-state index is -3.80. The van der Waals surface area contributed by atoms with Gasteiger partial charge in [-0.1, -0.05) is 0 Å². The van der Waals surface area contributed by atoms with E-state index in [0.29, 0.717) is 17.2 Å². The highest BCUT2D eigenvalue weighted by molar-refractivity contribution is 7.92. The molecule has 0 aliphatic rings. The van der Waals surface area contributed by atoms with Gasteiger partial charge in [0.15, 0.2) is 0 Å². The molecule has 1 aromatic carbocycles. The van der Waals surface area contributed by atoms with E-state index >= 15 is 0 Å². The van der Waals surface area contributed by atoms with Crippen LogP contribution in [-0.4, -0.2) is 25.4 Å². The van der Waals surface area contributed by atoms with Gasteiger partial charge in [-0.15, -0.1) is 0 Å². The lowest BCUT2D eigenvalue weighted by Gasteiger charge is -2.10. The van der Waals surface area contributed by atoms with Gasteiger partial charge < -0.3 is 5.32 Å². The van der Waals surface area contributed by atoms with Gasteiger partial charge in [-0.3, -0.25) is 4.72 Å². The van der Waals surface area contributed by atoms with Crippen LogP contribution in [0.2, 0.25) is 0 Å². The number of benzene rings is 1. The van der Waals surface area contributed by atoms with Crippen molar-refractivity contribution in [3.05, 3.63) is 42.0 Å². The van der Waals surface area contributed by atoms with E-state index < -0.39 is 15.8 Å². The smallest absolute Gasteiger partial charge is 0.264 e. The number of aromatic nitrogens is 2. The Balaban J connectivity index is 2.30. The summed E-state index contributed by atoms with van der Waals surface area (Å²) in [5.74, 6) is -0.103. The lowest BCUT2D eigenvalue weighted by Crippen LogP contribution is -2.14. The van der Waals surface area contributed by atoms with Gasteiger partial charge in [0, 0.05) is 7.05 Å². The second kappa shape index (κ2) is 5.41. The third-order valence-electron chi connectivity index (χ3n) is 2.59. The first-order valence-corrected chi connectivity index (χ1v) is 7.19. The van der Waals surface area contributed by atoms with Crippen LogP contribution in [0.3, 0.4) is 0 Å². The Morgan fingerprint density at radius 1 is 1.20 bits per heavy atom. The first kappa shape index (κ1) is 14.2. The van der Waals surface area contributed by atoms with Crippen molar-refractivity contribution < 1.29 is 12.8 Å². The molecule has 20 heavy (non-hydrogen) atoms. The van der Waals surface area contributed by atoms with E-state index in [0.717, 1.165) is 0 Å². The maximum absolute atomic E-state index is 13.0. The number of hydrogen-bond donors (Lipinski definition) is 2. The first-order valence-electron chi connectivity index (χ1n) is 5.71. The molecular weight excluding hydrogens is 283 g/mol. The Hall–Kier alpha value is -2.22.